The van der Waals surface area contributed by atoms with E-state index in [2.05, 4.69) is 39.5 Å². The van der Waals surface area contributed by atoms with Crippen LogP contribution in [0.4, 0.5) is 0 Å². The van der Waals surface area contributed by atoms with Gasteiger partial charge in [-0.1, -0.05) is 0 Å². The van der Waals surface area contributed by atoms with Gasteiger partial charge in [-0.3, -0.25) is 4.79 Å². The first-order chi connectivity index (χ1) is 12.8. The number of nitrogens with one attached hydrogen (secondary N) is 1. The summed E-state index contributed by atoms with van der Waals surface area (Å²) < 4.78 is 0. The molecule has 0 aliphatic heterocycles. The van der Waals surface area contributed by atoms with E-state index in [1.807, 2.05) is 5.32 Å². The predicted molar refractivity (Wildman–Crippen MR) is 107 cm³/mol. The van der Waals surface area contributed by atoms with Crippen molar-refractivity contribution in [1.29, 1.82) is 0 Å². The van der Waals surface area contributed by atoms with Crippen molar-refractivity contribution < 1.29 is 30.0 Å². The fourth-order valence-corrected chi connectivity index (χ4v) is 0.951. The van der Waals surface area contributed by atoms with Gasteiger partial charge in [-0.05, 0) is 0 Å². The van der Waals surface area contributed by atoms with Crippen LogP contribution in [-0.2, 0) is 9.59 Å². The molecule has 1 amide bonds. The van der Waals surface area contributed by atoms with Gasteiger partial charge in [-0.25, -0.2) is 0 Å². The number of aldehydes is 1. The highest BCUT2D eigenvalue weighted by atomic mass is 16.4. The fourth-order valence-electron chi connectivity index (χ4n) is 0.951. The van der Waals surface area contributed by atoms with Gasteiger partial charge < -0.3 is 53.5 Å². The third-order valence-corrected chi connectivity index (χ3v) is 2.18. The van der Waals surface area contributed by atoms with Crippen LogP contribution < -0.4 is 28.3 Å². The number of rotatable bonds is 8. The summed E-state index contributed by atoms with van der Waals surface area (Å²) in [6.45, 7) is 19.1. The molecule has 0 radical (unpaired) electrons. The van der Waals surface area contributed by atoms with E-state index >= 15 is 0 Å². The largest absolute Gasteiger partial charge is 0.387 e. The fraction of sp³-hybridized carbons (Fsp3) is 0.500. The summed E-state index contributed by atoms with van der Waals surface area (Å²) in [5, 5.41) is 38.7. The van der Waals surface area contributed by atoms with Gasteiger partial charge in [0.05, 0.1) is 6.17 Å². The Hall–Kier alpha value is -1.96. The second-order valence-corrected chi connectivity index (χ2v) is 3.98. The van der Waals surface area contributed by atoms with Gasteiger partial charge >= 0.3 is 0 Å². The number of hydrogen-bond donors (Lipinski definition) is 9. The van der Waals surface area contributed by atoms with Crippen LogP contribution in [0, 0.1) is 0 Å². The summed E-state index contributed by atoms with van der Waals surface area (Å²) in [6.07, 6.45) is -8.92. The standard InChI is InChI=1S/C8H17N3O6.C2H8N2.3C2H4/c9-1-4(10)11-8(17)7(16)6(15)5(14)3(13)2-12;3-1-2-4;3*1-2/h2-7,13-16H,1,9-10H2,(H,11,17);1-4H2;3*1-2H2/t3-,4?,5-,6+,7+;;;;/m1..../s1. The molecular weight excluding hydrogens is 358 g/mol. The summed E-state index contributed by atoms with van der Waals surface area (Å²) in [4.78, 5) is 21.4. The molecule has 13 N–H and O–H groups in total. The topological polar surface area (TPSA) is 231 Å². The lowest BCUT2D eigenvalue weighted by Crippen LogP contribution is -2.55. The zero-order chi connectivity index (χ0) is 23.0. The lowest BCUT2D eigenvalue weighted by molar-refractivity contribution is -0.150. The molecule has 0 saturated carbocycles. The van der Waals surface area contributed by atoms with Crippen LogP contribution in [0.25, 0.3) is 0 Å². The minimum atomic E-state index is -2.04. The maximum absolute atomic E-state index is 11.2. The molecular formula is C16H37N5O6. The molecule has 0 aliphatic rings. The van der Waals surface area contributed by atoms with Crippen molar-refractivity contribution in [2.75, 3.05) is 19.6 Å². The Morgan fingerprint density at radius 2 is 1.26 bits per heavy atom. The molecule has 0 rings (SSSR count). The van der Waals surface area contributed by atoms with Crippen LogP contribution >= 0.6 is 0 Å². The maximum atomic E-state index is 11.2. The lowest BCUT2D eigenvalue weighted by atomic mass is 10.0. The highest BCUT2D eigenvalue weighted by Crippen LogP contribution is 2.04. The number of carbonyl (C=O) groups is 2. The molecule has 0 fully saturated rings. The Balaban J connectivity index is -0.000000136. The number of hydrogen-bond acceptors (Lipinski definition) is 10. The van der Waals surface area contributed by atoms with Crippen molar-refractivity contribution in [3.8, 4) is 0 Å². The van der Waals surface area contributed by atoms with Crippen molar-refractivity contribution in [3.63, 3.8) is 0 Å². The van der Waals surface area contributed by atoms with E-state index in [0.29, 0.717) is 13.1 Å². The van der Waals surface area contributed by atoms with Crippen LogP contribution in [0.5, 0.6) is 0 Å². The summed E-state index contributed by atoms with van der Waals surface area (Å²) in [5.74, 6) is -1.08. The second kappa shape index (κ2) is 28.8. The Morgan fingerprint density at radius 1 is 0.889 bits per heavy atom. The molecule has 0 aromatic heterocycles. The van der Waals surface area contributed by atoms with Gasteiger partial charge in [-0.15, -0.1) is 39.5 Å². The highest BCUT2D eigenvalue weighted by Gasteiger charge is 2.34. The third kappa shape index (κ3) is 22.0. The monoisotopic (exact) mass is 395 g/mol. The van der Waals surface area contributed by atoms with Gasteiger partial charge in [0.15, 0.2) is 12.4 Å². The first-order valence-electron chi connectivity index (χ1n) is 7.60. The molecule has 0 spiro atoms. The van der Waals surface area contributed by atoms with Gasteiger partial charge in [0, 0.05) is 19.6 Å². The SMILES string of the molecule is C=C.C=C.C=C.NCC(N)NC(=O)[C@@H](O)[C@@H](O)[C@H](O)[C@H](O)C=O.NCCN. The lowest BCUT2D eigenvalue weighted by Gasteiger charge is -2.24. The zero-order valence-corrected chi connectivity index (χ0v) is 15.7. The molecule has 11 heteroatoms. The van der Waals surface area contributed by atoms with Crippen molar-refractivity contribution >= 4 is 12.2 Å². The van der Waals surface area contributed by atoms with Crippen molar-refractivity contribution in [2.45, 2.75) is 30.6 Å². The van der Waals surface area contributed by atoms with Crippen LogP contribution in [0.15, 0.2) is 39.5 Å². The average molecular weight is 396 g/mol. The minimum Gasteiger partial charge on any atom is -0.387 e. The van der Waals surface area contributed by atoms with Crippen molar-refractivity contribution in [2.24, 2.45) is 22.9 Å². The quantitative estimate of drug-likeness (QED) is 0.111. The highest BCUT2D eigenvalue weighted by molar-refractivity contribution is 5.81. The van der Waals surface area contributed by atoms with Gasteiger partial charge in [0.2, 0.25) is 0 Å². The Morgan fingerprint density at radius 3 is 1.52 bits per heavy atom. The second-order valence-electron chi connectivity index (χ2n) is 3.98. The molecule has 0 aromatic rings. The van der Waals surface area contributed by atoms with Crippen molar-refractivity contribution in [1.82, 2.24) is 5.32 Å². The first-order valence-corrected chi connectivity index (χ1v) is 7.60. The van der Waals surface area contributed by atoms with E-state index in [1.165, 1.54) is 0 Å². The molecule has 0 bridgehead atoms. The van der Waals surface area contributed by atoms with Crippen LogP contribution in [0.1, 0.15) is 0 Å². The zero-order valence-electron chi connectivity index (χ0n) is 15.7. The number of carbonyl (C=O) groups excluding carboxylic acids is 2. The minimum absolute atomic E-state index is 0.0376. The summed E-state index contributed by atoms with van der Waals surface area (Å²) in [7, 11) is 0. The number of amides is 1. The number of nitrogens with two attached hydrogens (primary N) is 4. The van der Waals surface area contributed by atoms with E-state index in [0.717, 1.165) is 0 Å². The van der Waals surface area contributed by atoms with Crippen LogP contribution in [0.3, 0.4) is 0 Å². The number of aliphatic hydroxyl groups excluding tert-OH is 4. The predicted octanol–water partition coefficient (Wildman–Crippen LogP) is -3.70. The third-order valence-electron chi connectivity index (χ3n) is 2.18. The number of aliphatic hydroxyl groups is 4. The van der Waals surface area contributed by atoms with E-state index < -0.39 is 36.5 Å². The van der Waals surface area contributed by atoms with E-state index in [-0.39, 0.29) is 12.8 Å². The molecule has 1 unspecified atom stereocenters. The Kier molecular flexibility index (Phi) is 38.5. The summed E-state index contributed by atoms with van der Waals surface area (Å²) in [5.41, 5.74) is 20.2. The van der Waals surface area contributed by atoms with E-state index in [4.69, 9.17) is 33.1 Å². The molecule has 0 heterocycles. The molecule has 11 nitrogen and oxygen atoms in total. The summed E-state index contributed by atoms with van der Waals surface area (Å²) >= 11 is 0. The van der Waals surface area contributed by atoms with Crippen LogP contribution in [0.2, 0.25) is 0 Å². The molecule has 0 aliphatic carbocycles. The van der Waals surface area contributed by atoms with Gasteiger partial charge in [-0.2, -0.15) is 0 Å². The summed E-state index contributed by atoms with van der Waals surface area (Å²) in [6, 6.07) is 0. The Labute approximate surface area is 161 Å². The molecule has 27 heavy (non-hydrogen) atoms. The van der Waals surface area contributed by atoms with Crippen LogP contribution in [-0.4, -0.2) is 82.8 Å². The smallest absolute Gasteiger partial charge is 0.252 e. The Bertz CT molecular complexity index is 332. The van der Waals surface area contributed by atoms with E-state index in [9.17, 15) is 19.8 Å². The van der Waals surface area contributed by atoms with E-state index in [1.54, 1.807) is 0 Å². The molecule has 5 atom stereocenters. The van der Waals surface area contributed by atoms with Crippen molar-refractivity contribution in [3.05, 3.63) is 39.5 Å². The maximum Gasteiger partial charge on any atom is 0.252 e. The molecule has 0 aromatic carbocycles. The average Bonchev–Trinajstić information content (AvgIpc) is 2.75. The van der Waals surface area contributed by atoms with Gasteiger partial charge in [0.1, 0.15) is 18.3 Å². The molecule has 162 valence electrons. The molecule has 0 saturated heterocycles. The first kappa shape index (κ1) is 36.0. The van der Waals surface area contributed by atoms with Gasteiger partial charge in [0.25, 0.3) is 5.91 Å². The normalized spacial score (nSPS) is 14.1.